The number of carbonyl (C=O) groups is 1. The molecule has 0 bridgehead atoms. The summed E-state index contributed by atoms with van der Waals surface area (Å²) in [4.78, 5) is 12.4. The van der Waals surface area contributed by atoms with Gasteiger partial charge in [-0.15, -0.1) is 0 Å². The Bertz CT molecular complexity index is 999. The second-order valence-electron chi connectivity index (χ2n) is 7.96. The summed E-state index contributed by atoms with van der Waals surface area (Å²) in [6, 6.07) is 18.5. The van der Waals surface area contributed by atoms with Crippen LogP contribution >= 0.6 is 0 Å². The van der Waals surface area contributed by atoms with Crippen molar-refractivity contribution in [2.45, 2.75) is 27.2 Å². The minimum absolute atomic E-state index is 0.0299. The Hall–Kier alpha value is -3.14. The van der Waals surface area contributed by atoms with Gasteiger partial charge in [0.25, 0.3) is 0 Å². The van der Waals surface area contributed by atoms with Crippen LogP contribution in [0.25, 0.3) is 10.8 Å². The molecule has 0 spiro atoms. The first-order chi connectivity index (χ1) is 12.7. The van der Waals surface area contributed by atoms with Crippen molar-refractivity contribution >= 4 is 22.6 Å². The van der Waals surface area contributed by atoms with E-state index in [-0.39, 0.29) is 17.2 Å². The standard InChI is InChI=1S/C23H24N2O2/c1-23(2,3)14-15-4-6-16(7-5-15)22(26)27-20-11-10-17-12-19(21(24)25)9-8-18(17)13-20/h4-13H,14H2,1-3H3,(H3,24,25). The summed E-state index contributed by atoms with van der Waals surface area (Å²) in [5, 5.41) is 9.37. The monoisotopic (exact) mass is 360 g/mol. The van der Waals surface area contributed by atoms with E-state index in [2.05, 4.69) is 20.8 Å². The molecule has 0 saturated carbocycles. The van der Waals surface area contributed by atoms with Crippen molar-refractivity contribution in [2.24, 2.45) is 11.1 Å². The van der Waals surface area contributed by atoms with Gasteiger partial charge in [-0.1, -0.05) is 51.1 Å². The predicted molar refractivity (Wildman–Crippen MR) is 110 cm³/mol. The molecule has 3 aromatic carbocycles. The number of esters is 1. The molecular weight excluding hydrogens is 336 g/mol. The molecule has 0 aliphatic heterocycles. The summed E-state index contributed by atoms with van der Waals surface area (Å²) >= 11 is 0. The average Bonchev–Trinajstić information content (AvgIpc) is 2.60. The molecule has 0 atom stereocenters. The summed E-state index contributed by atoms with van der Waals surface area (Å²) in [5.74, 6) is 0.140. The molecule has 0 unspecified atom stereocenters. The molecule has 3 rings (SSSR count). The van der Waals surface area contributed by atoms with E-state index in [1.807, 2.05) is 48.5 Å². The number of nitrogens with two attached hydrogens (primary N) is 1. The molecule has 0 aromatic heterocycles. The van der Waals surface area contributed by atoms with E-state index in [1.165, 1.54) is 5.56 Å². The first-order valence-corrected chi connectivity index (χ1v) is 8.91. The third-order valence-corrected chi connectivity index (χ3v) is 4.26. The summed E-state index contributed by atoms with van der Waals surface area (Å²) in [6.07, 6.45) is 0.954. The van der Waals surface area contributed by atoms with Crippen LogP contribution in [-0.2, 0) is 6.42 Å². The van der Waals surface area contributed by atoms with E-state index >= 15 is 0 Å². The van der Waals surface area contributed by atoms with Crippen LogP contribution in [0.5, 0.6) is 5.75 Å². The maximum absolute atomic E-state index is 12.4. The van der Waals surface area contributed by atoms with Crippen molar-refractivity contribution in [3.8, 4) is 5.75 Å². The number of ether oxygens (including phenoxy) is 1. The molecule has 0 amide bonds. The molecule has 0 aliphatic carbocycles. The van der Waals surface area contributed by atoms with Gasteiger partial charge in [0.15, 0.2) is 0 Å². The largest absolute Gasteiger partial charge is 0.423 e. The number of rotatable bonds is 4. The quantitative estimate of drug-likeness (QED) is 0.300. The van der Waals surface area contributed by atoms with Crippen molar-refractivity contribution in [1.29, 1.82) is 5.41 Å². The Morgan fingerprint density at radius 3 is 2.15 bits per heavy atom. The molecule has 0 aliphatic rings. The fourth-order valence-electron chi connectivity index (χ4n) is 2.99. The summed E-state index contributed by atoms with van der Waals surface area (Å²) in [5.41, 5.74) is 8.12. The Morgan fingerprint density at radius 2 is 1.52 bits per heavy atom. The zero-order valence-electron chi connectivity index (χ0n) is 15.9. The van der Waals surface area contributed by atoms with Crippen LogP contribution < -0.4 is 10.5 Å². The lowest BCUT2D eigenvalue weighted by Gasteiger charge is -2.18. The molecular formula is C23H24N2O2. The smallest absolute Gasteiger partial charge is 0.343 e. The fourth-order valence-corrected chi connectivity index (χ4v) is 2.99. The number of fused-ring (bicyclic) bond motifs is 1. The third-order valence-electron chi connectivity index (χ3n) is 4.26. The van der Waals surface area contributed by atoms with Gasteiger partial charge in [-0.3, -0.25) is 5.41 Å². The topological polar surface area (TPSA) is 76.2 Å². The lowest BCUT2D eigenvalue weighted by molar-refractivity contribution is 0.0735. The van der Waals surface area contributed by atoms with Gasteiger partial charge in [-0.25, -0.2) is 4.79 Å². The lowest BCUT2D eigenvalue weighted by Crippen LogP contribution is -2.11. The minimum atomic E-state index is -0.378. The van der Waals surface area contributed by atoms with Crippen LogP contribution in [0.15, 0.2) is 60.7 Å². The Labute approximate surface area is 159 Å². The number of nitrogens with one attached hydrogen (secondary N) is 1. The number of amidine groups is 1. The highest BCUT2D eigenvalue weighted by Gasteiger charge is 2.13. The second kappa shape index (κ2) is 7.23. The highest BCUT2D eigenvalue weighted by Crippen LogP contribution is 2.24. The van der Waals surface area contributed by atoms with Gasteiger partial charge in [0, 0.05) is 5.56 Å². The molecule has 4 nitrogen and oxygen atoms in total. The van der Waals surface area contributed by atoms with Crippen LogP contribution in [0.4, 0.5) is 0 Å². The maximum Gasteiger partial charge on any atom is 0.343 e. The average molecular weight is 360 g/mol. The first kappa shape index (κ1) is 18.6. The van der Waals surface area contributed by atoms with Crippen LogP contribution in [-0.4, -0.2) is 11.8 Å². The Balaban J connectivity index is 1.75. The van der Waals surface area contributed by atoms with Gasteiger partial charge >= 0.3 is 5.97 Å². The maximum atomic E-state index is 12.4. The van der Waals surface area contributed by atoms with E-state index < -0.39 is 0 Å². The number of hydrogen-bond acceptors (Lipinski definition) is 3. The van der Waals surface area contributed by atoms with Gasteiger partial charge < -0.3 is 10.5 Å². The molecule has 0 heterocycles. The highest BCUT2D eigenvalue weighted by molar-refractivity contribution is 5.99. The van der Waals surface area contributed by atoms with E-state index in [4.69, 9.17) is 15.9 Å². The third kappa shape index (κ3) is 4.73. The van der Waals surface area contributed by atoms with Crippen LogP contribution in [0.3, 0.4) is 0 Å². The molecule has 0 saturated heterocycles. The van der Waals surface area contributed by atoms with Crippen molar-refractivity contribution < 1.29 is 9.53 Å². The normalized spacial score (nSPS) is 11.4. The molecule has 0 fully saturated rings. The van der Waals surface area contributed by atoms with Gasteiger partial charge in [0.1, 0.15) is 11.6 Å². The molecule has 0 radical (unpaired) electrons. The lowest BCUT2D eigenvalue weighted by atomic mass is 9.88. The molecule has 3 N–H and O–H groups in total. The van der Waals surface area contributed by atoms with E-state index in [0.29, 0.717) is 16.9 Å². The highest BCUT2D eigenvalue weighted by atomic mass is 16.5. The fraction of sp³-hybridized carbons (Fsp3) is 0.217. The van der Waals surface area contributed by atoms with Crippen LogP contribution in [0, 0.1) is 10.8 Å². The number of carbonyl (C=O) groups excluding carboxylic acids is 1. The van der Waals surface area contributed by atoms with Crippen molar-refractivity contribution in [3.05, 3.63) is 77.4 Å². The molecule has 27 heavy (non-hydrogen) atoms. The Kier molecular flexibility index (Phi) is 5.00. The number of benzene rings is 3. The Morgan fingerprint density at radius 1 is 0.926 bits per heavy atom. The van der Waals surface area contributed by atoms with Crippen LogP contribution in [0.2, 0.25) is 0 Å². The summed E-state index contributed by atoms with van der Waals surface area (Å²) < 4.78 is 5.52. The van der Waals surface area contributed by atoms with Gasteiger partial charge in [0.05, 0.1) is 5.56 Å². The van der Waals surface area contributed by atoms with Crippen molar-refractivity contribution in [1.82, 2.24) is 0 Å². The SMILES string of the molecule is CC(C)(C)Cc1ccc(C(=O)Oc2ccc3cc(C(=N)N)ccc3c2)cc1. The van der Waals surface area contributed by atoms with Gasteiger partial charge in [-0.2, -0.15) is 0 Å². The van der Waals surface area contributed by atoms with Crippen molar-refractivity contribution in [2.75, 3.05) is 0 Å². The van der Waals surface area contributed by atoms with E-state index in [0.717, 1.165) is 17.2 Å². The van der Waals surface area contributed by atoms with E-state index in [1.54, 1.807) is 12.1 Å². The van der Waals surface area contributed by atoms with Gasteiger partial charge in [0.2, 0.25) is 0 Å². The number of nitrogen functional groups attached to an aromatic ring is 1. The first-order valence-electron chi connectivity index (χ1n) is 8.91. The molecule has 3 aromatic rings. The zero-order valence-corrected chi connectivity index (χ0v) is 15.9. The van der Waals surface area contributed by atoms with Crippen LogP contribution in [0.1, 0.15) is 42.3 Å². The summed E-state index contributed by atoms with van der Waals surface area (Å²) in [7, 11) is 0. The number of hydrogen-bond donors (Lipinski definition) is 2. The molecule has 138 valence electrons. The predicted octanol–water partition coefficient (Wildman–Crippen LogP) is 4.93. The van der Waals surface area contributed by atoms with E-state index in [9.17, 15) is 4.79 Å². The second-order valence-corrected chi connectivity index (χ2v) is 7.96. The van der Waals surface area contributed by atoms with Gasteiger partial charge in [-0.05, 0) is 58.5 Å². The molecule has 4 heteroatoms. The zero-order chi connectivity index (χ0) is 19.6. The van der Waals surface area contributed by atoms with Crippen molar-refractivity contribution in [3.63, 3.8) is 0 Å². The summed E-state index contributed by atoms with van der Waals surface area (Å²) in [6.45, 7) is 6.57. The minimum Gasteiger partial charge on any atom is -0.423 e.